The number of furan rings is 1. The van der Waals surface area contributed by atoms with Gasteiger partial charge in [-0.3, -0.25) is 9.89 Å². The number of amides is 1. The summed E-state index contributed by atoms with van der Waals surface area (Å²) in [6.07, 6.45) is 4.60. The van der Waals surface area contributed by atoms with Gasteiger partial charge in [0.15, 0.2) is 11.5 Å². The lowest BCUT2D eigenvalue weighted by atomic mass is 9.91. The summed E-state index contributed by atoms with van der Waals surface area (Å²) in [6.45, 7) is 2.11. The molecule has 3 aromatic heterocycles. The van der Waals surface area contributed by atoms with Gasteiger partial charge in [-0.2, -0.15) is 5.10 Å². The molecular weight excluding hydrogens is 340 g/mol. The molecule has 0 bridgehead atoms. The quantitative estimate of drug-likeness (QED) is 0.510. The molecule has 3 N–H and O–H groups in total. The van der Waals surface area contributed by atoms with E-state index in [0.717, 1.165) is 30.5 Å². The van der Waals surface area contributed by atoms with E-state index in [9.17, 15) is 4.79 Å². The van der Waals surface area contributed by atoms with Gasteiger partial charge in [-0.25, -0.2) is 0 Å². The molecule has 4 aromatic rings. The average molecular weight is 360 g/mol. The topological polar surface area (TPSA) is 86.7 Å². The molecule has 27 heavy (non-hydrogen) atoms. The molecule has 1 unspecified atom stereocenters. The van der Waals surface area contributed by atoms with Gasteiger partial charge in [0.2, 0.25) is 0 Å². The molecule has 1 aliphatic carbocycles. The van der Waals surface area contributed by atoms with Crippen molar-refractivity contribution < 1.29 is 9.21 Å². The molecule has 1 aliphatic rings. The van der Waals surface area contributed by atoms with Crippen molar-refractivity contribution in [3.8, 4) is 11.5 Å². The minimum absolute atomic E-state index is 0.0299. The van der Waals surface area contributed by atoms with Crippen molar-refractivity contribution in [1.82, 2.24) is 20.5 Å². The second-order valence-electron chi connectivity index (χ2n) is 7.13. The van der Waals surface area contributed by atoms with Gasteiger partial charge in [-0.15, -0.1) is 0 Å². The summed E-state index contributed by atoms with van der Waals surface area (Å²) in [5.74, 6) is 0.476. The van der Waals surface area contributed by atoms with Gasteiger partial charge in [0.1, 0.15) is 5.69 Å². The number of hydrogen-bond acceptors (Lipinski definition) is 3. The normalized spacial score (nSPS) is 16.4. The summed E-state index contributed by atoms with van der Waals surface area (Å²) < 4.78 is 5.34. The lowest BCUT2D eigenvalue weighted by molar-refractivity contribution is 0.0927. The van der Waals surface area contributed by atoms with Gasteiger partial charge in [0.05, 0.1) is 12.3 Å². The molecule has 0 aliphatic heterocycles. The Morgan fingerprint density at radius 1 is 1.30 bits per heavy atom. The van der Waals surface area contributed by atoms with Gasteiger partial charge < -0.3 is 14.7 Å². The van der Waals surface area contributed by atoms with E-state index in [1.165, 1.54) is 16.5 Å². The number of aryl methyl sites for hydroxylation is 2. The van der Waals surface area contributed by atoms with Crippen molar-refractivity contribution in [2.24, 2.45) is 0 Å². The highest BCUT2D eigenvalue weighted by Crippen LogP contribution is 2.35. The van der Waals surface area contributed by atoms with Crippen LogP contribution in [0.2, 0.25) is 0 Å². The van der Waals surface area contributed by atoms with Crippen LogP contribution in [0, 0.1) is 6.92 Å². The molecule has 1 atom stereocenters. The number of benzene rings is 1. The monoisotopic (exact) mass is 360 g/mol. The average Bonchev–Trinajstić information content (AvgIpc) is 3.41. The third-order valence-corrected chi connectivity index (χ3v) is 5.27. The minimum Gasteiger partial charge on any atom is -0.463 e. The van der Waals surface area contributed by atoms with Crippen LogP contribution in [-0.2, 0) is 6.42 Å². The van der Waals surface area contributed by atoms with Gasteiger partial charge in [-0.05, 0) is 56.0 Å². The number of rotatable bonds is 3. The summed E-state index contributed by atoms with van der Waals surface area (Å²) in [4.78, 5) is 16.3. The van der Waals surface area contributed by atoms with Crippen molar-refractivity contribution in [2.45, 2.75) is 32.2 Å². The van der Waals surface area contributed by atoms with Crippen LogP contribution >= 0.6 is 0 Å². The molecule has 0 radical (unpaired) electrons. The minimum atomic E-state index is -0.184. The van der Waals surface area contributed by atoms with Crippen LogP contribution in [-0.4, -0.2) is 21.1 Å². The number of carbonyl (C=O) groups excluding carboxylic acids is 1. The fourth-order valence-electron chi connectivity index (χ4n) is 3.95. The Bertz CT molecular complexity index is 1120. The molecule has 6 nitrogen and oxygen atoms in total. The van der Waals surface area contributed by atoms with E-state index >= 15 is 0 Å². The van der Waals surface area contributed by atoms with Crippen molar-refractivity contribution in [3.05, 3.63) is 65.2 Å². The van der Waals surface area contributed by atoms with E-state index in [-0.39, 0.29) is 11.9 Å². The van der Waals surface area contributed by atoms with Crippen LogP contribution in [0.5, 0.6) is 0 Å². The van der Waals surface area contributed by atoms with Crippen LogP contribution in [0.1, 0.15) is 46.2 Å². The van der Waals surface area contributed by atoms with E-state index in [0.29, 0.717) is 17.1 Å². The fraction of sp³-hybridized carbons (Fsp3) is 0.238. The summed E-state index contributed by atoms with van der Waals surface area (Å²) >= 11 is 0. The molecular formula is C21H20N4O2. The van der Waals surface area contributed by atoms with E-state index in [1.807, 2.05) is 6.07 Å². The number of nitrogens with zero attached hydrogens (tertiary/aromatic N) is 1. The van der Waals surface area contributed by atoms with Crippen molar-refractivity contribution >= 4 is 16.8 Å². The van der Waals surface area contributed by atoms with Crippen LogP contribution in [0.25, 0.3) is 22.4 Å². The summed E-state index contributed by atoms with van der Waals surface area (Å²) in [5.41, 5.74) is 5.88. The zero-order chi connectivity index (χ0) is 18.4. The first-order chi connectivity index (χ1) is 13.2. The maximum Gasteiger partial charge on any atom is 0.272 e. The largest absolute Gasteiger partial charge is 0.463 e. The van der Waals surface area contributed by atoms with Crippen molar-refractivity contribution in [1.29, 1.82) is 0 Å². The molecule has 5 rings (SSSR count). The summed E-state index contributed by atoms with van der Waals surface area (Å²) in [5, 5.41) is 11.4. The lowest BCUT2D eigenvalue weighted by Gasteiger charge is -2.23. The molecule has 1 amide bonds. The van der Waals surface area contributed by atoms with E-state index < -0.39 is 0 Å². The maximum atomic E-state index is 12.7. The van der Waals surface area contributed by atoms with Crippen LogP contribution in [0.3, 0.4) is 0 Å². The number of aromatic nitrogens is 3. The Morgan fingerprint density at radius 2 is 2.22 bits per heavy atom. The molecule has 0 saturated carbocycles. The first kappa shape index (κ1) is 15.9. The van der Waals surface area contributed by atoms with Gasteiger partial charge >= 0.3 is 0 Å². The smallest absolute Gasteiger partial charge is 0.272 e. The zero-order valence-corrected chi connectivity index (χ0v) is 15.0. The standard InChI is InChI=1S/C21H20N4O2/c1-12-7-8-15-14(10-12)13-4-2-5-16(20(13)22-15)23-21(26)18-11-17(24-25-18)19-6-3-9-27-19/h3,6-11,16,22H,2,4-5H2,1H3,(H,23,26)(H,24,25). The summed E-state index contributed by atoms with van der Waals surface area (Å²) in [6, 6.07) is 11.8. The Labute approximate surface area is 156 Å². The predicted octanol–water partition coefficient (Wildman–Crippen LogP) is 4.27. The highest BCUT2D eigenvalue weighted by molar-refractivity contribution is 5.94. The highest BCUT2D eigenvalue weighted by atomic mass is 16.3. The van der Waals surface area contributed by atoms with E-state index in [4.69, 9.17) is 4.42 Å². The maximum absolute atomic E-state index is 12.7. The number of aromatic amines is 2. The third-order valence-electron chi connectivity index (χ3n) is 5.27. The van der Waals surface area contributed by atoms with Gasteiger partial charge in [0, 0.05) is 22.7 Å². The molecule has 136 valence electrons. The number of carbonyl (C=O) groups is 1. The van der Waals surface area contributed by atoms with E-state index in [1.54, 1.807) is 18.4 Å². The van der Waals surface area contributed by atoms with E-state index in [2.05, 4.69) is 45.6 Å². The SMILES string of the molecule is Cc1ccc2[nH]c3c(c2c1)CCCC3NC(=O)c1cc(-c2ccco2)[nH]n1. The lowest BCUT2D eigenvalue weighted by Crippen LogP contribution is -2.31. The van der Waals surface area contributed by atoms with Gasteiger partial charge in [0.25, 0.3) is 5.91 Å². The predicted molar refractivity (Wildman–Crippen MR) is 102 cm³/mol. The molecule has 0 saturated heterocycles. The van der Waals surface area contributed by atoms with Crippen LogP contribution in [0.4, 0.5) is 0 Å². The molecule has 3 heterocycles. The van der Waals surface area contributed by atoms with Crippen LogP contribution < -0.4 is 5.32 Å². The molecule has 0 fully saturated rings. The van der Waals surface area contributed by atoms with Crippen LogP contribution in [0.15, 0.2) is 47.1 Å². The number of fused-ring (bicyclic) bond motifs is 3. The Hall–Kier alpha value is -3.28. The highest BCUT2D eigenvalue weighted by Gasteiger charge is 2.26. The fourth-order valence-corrected chi connectivity index (χ4v) is 3.95. The van der Waals surface area contributed by atoms with Crippen molar-refractivity contribution in [3.63, 3.8) is 0 Å². The first-order valence-corrected chi connectivity index (χ1v) is 9.20. The Morgan fingerprint density at radius 3 is 3.07 bits per heavy atom. The molecule has 1 aromatic carbocycles. The third kappa shape index (κ3) is 2.73. The zero-order valence-electron chi connectivity index (χ0n) is 15.0. The second kappa shape index (κ2) is 6.16. The molecule has 6 heteroatoms. The summed E-state index contributed by atoms with van der Waals surface area (Å²) in [7, 11) is 0. The molecule has 0 spiro atoms. The number of hydrogen-bond donors (Lipinski definition) is 3. The van der Waals surface area contributed by atoms with Crippen molar-refractivity contribution in [2.75, 3.05) is 0 Å². The van der Waals surface area contributed by atoms with Gasteiger partial charge in [-0.1, -0.05) is 11.6 Å². The first-order valence-electron chi connectivity index (χ1n) is 9.20. The Balaban J connectivity index is 1.42. The number of nitrogens with one attached hydrogen (secondary N) is 3. The Kier molecular flexibility index (Phi) is 3.63. The second-order valence-corrected chi connectivity index (χ2v) is 7.13. The number of H-pyrrole nitrogens is 2.